The van der Waals surface area contributed by atoms with Crippen molar-refractivity contribution in [3.05, 3.63) is 53.2 Å². The van der Waals surface area contributed by atoms with Crippen LogP contribution in [0.2, 0.25) is 0 Å². The molecule has 0 aliphatic carbocycles. The molecule has 2 aromatic heterocycles. The van der Waals surface area contributed by atoms with Gasteiger partial charge in [-0.15, -0.1) is 0 Å². The van der Waals surface area contributed by atoms with Crippen LogP contribution in [0.25, 0.3) is 0 Å². The molecule has 0 bridgehead atoms. The largest absolute Gasteiger partial charge is 0.477 e. The van der Waals surface area contributed by atoms with Crippen LogP contribution in [0.3, 0.4) is 0 Å². The van der Waals surface area contributed by atoms with Gasteiger partial charge in [0.15, 0.2) is 0 Å². The topological polar surface area (TPSA) is 75.4 Å². The zero-order valence-electron chi connectivity index (χ0n) is 10.0. The third-order valence-corrected chi connectivity index (χ3v) is 2.43. The molecule has 2 heterocycles. The van der Waals surface area contributed by atoms with Gasteiger partial charge in [-0.25, -0.2) is 9.78 Å². The molecule has 18 heavy (non-hydrogen) atoms. The number of nitrogens with one attached hydrogen (secondary N) is 1. The fourth-order valence-corrected chi connectivity index (χ4v) is 1.59. The van der Waals surface area contributed by atoms with Crippen molar-refractivity contribution in [2.24, 2.45) is 0 Å². The van der Waals surface area contributed by atoms with E-state index in [-0.39, 0.29) is 5.69 Å². The average Bonchev–Trinajstić information content (AvgIpc) is 2.75. The molecule has 0 fully saturated rings. The van der Waals surface area contributed by atoms with Gasteiger partial charge in [0.25, 0.3) is 0 Å². The minimum absolute atomic E-state index is 0.0585. The van der Waals surface area contributed by atoms with Gasteiger partial charge < -0.3 is 14.8 Å². The number of nitrogens with zero attached hydrogens (tertiary/aromatic N) is 1. The number of hydrogen-bond donors (Lipinski definition) is 2. The predicted octanol–water partition coefficient (Wildman–Crippen LogP) is 1.97. The summed E-state index contributed by atoms with van der Waals surface area (Å²) in [6, 6.07) is 8.75. The molecule has 2 rings (SSSR count). The molecular weight excluding hydrogens is 232 g/mol. The van der Waals surface area contributed by atoms with Crippen LogP contribution in [-0.4, -0.2) is 16.1 Å². The highest BCUT2D eigenvalue weighted by molar-refractivity contribution is 5.85. The molecule has 0 atom stereocenters. The second kappa shape index (κ2) is 5.46. The number of pyridine rings is 1. The van der Waals surface area contributed by atoms with E-state index in [1.807, 2.05) is 19.1 Å². The van der Waals surface area contributed by atoms with Crippen LogP contribution < -0.4 is 5.32 Å². The minimum atomic E-state index is -1.02. The molecule has 0 aromatic carbocycles. The van der Waals surface area contributed by atoms with E-state index in [2.05, 4.69) is 10.3 Å². The van der Waals surface area contributed by atoms with Crippen LogP contribution >= 0.6 is 0 Å². The fourth-order valence-electron chi connectivity index (χ4n) is 1.59. The van der Waals surface area contributed by atoms with E-state index in [1.54, 1.807) is 12.1 Å². The molecule has 5 heteroatoms. The molecule has 0 aliphatic heterocycles. The Kier molecular flexibility index (Phi) is 3.74. The van der Waals surface area contributed by atoms with E-state index < -0.39 is 5.97 Å². The van der Waals surface area contributed by atoms with Crippen molar-refractivity contribution in [1.29, 1.82) is 0 Å². The Morgan fingerprint density at radius 2 is 2.17 bits per heavy atom. The number of furan rings is 1. The van der Waals surface area contributed by atoms with Crippen molar-refractivity contribution in [3.8, 4) is 0 Å². The molecule has 0 unspecified atom stereocenters. The van der Waals surface area contributed by atoms with E-state index >= 15 is 0 Å². The van der Waals surface area contributed by atoms with E-state index in [1.165, 1.54) is 6.07 Å². The quantitative estimate of drug-likeness (QED) is 0.843. The van der Waals surface area contributed by atoms with Crippen LogP contribution in [0.15, 0.2) is 34.7 Å². The molecule has 0 saturated carbocycles. The van der Waals surface area contributed by atoms with Gasteiger partial charge in [-0.2, -0.15) is 0 Å². The lowest BCUT2D eigenvalue weighted by atomic mass is 10.3. The summed E-state index contributed by atoms with van der Waals surface area (Å²) in [4.78, 5) is 14.8. The fraction of sp³-hybridized carbons (Fsp3) is 0.231. The highest BCUT2D eigenvalue weighted by atomic mass is 16.4. The molecule has 5 nitrogen and oxygen atoms in total. The van der Waals surface area contributed by atoms with Gasteiger partial charge in [0, 0.05) is 6.54 Å². The smallest absolute Gasteiger partial charge is 0.354 e. The van der Waals surface area contributed by atoms with Gasteiger partial charge in [0.2, 0.25) is 0 Å². The Morgan fingerprint density at radius 1 is 1.33 bits per heavy atom. The molecule has 0 radical (unpaired) electrons. The van der Waals surface area contributed by atoms with Crippen LogP contribution in [0.1, 0.15) is 27.7 Å². The Morgan fingerprint density at radius 3 is 2.83 bits per heavy atom. The summed E-state index contributed by atoms with van der Waals surface area (Å²) in [6.45, 7) is 2.98. The second-order valence-corrected chi connectivity index (χ2v) is 3.94. The summed E-state index contributed by atoms with van der Waals surface area (Å²) in [5.74, 6) is 0.707. The summed E-state index contributed by atoms with van der Waals surface area (Å²) in [5, 5.41) is 12.0. The van der Waals surface area contributed by atoms with E-state index in [9.17, 15) is 4.79 Å². The van der Waals surface area contributed by atoms with E-state index in [0.717, 1.165) is 11.5 Å². The molecule has 2 aromatic rings. The van der Waals surface area contributed by atoms with E-state index in [4.69, 9.17) is 9.52 Å². The second-order valence-electron chi connectivity index (χ2n) is 3.94. The summed E-state index contributed by atoms with van der Waals surface area (Å²) < 4.78 is 5.41. The zero-order valence-corrected chi connectivity index (χ0v) is 10.0. The average molecular weight is 246 g/mol. The monoisotopic (exact) mass is 246 g/mol. The maximum absolute atomic E-state index is 10.8. The van der Waals surface area contributed by atoms with Gasteiger partial charge in [-0.1, -0.05) is 6.07 Å². The molecule has 94 valence electrons. The molecule has 2 N–H and O–H groups in total. The Hall–Kier alpha value is -2.14. The molecule has 0 spiro atoms. The third-order valence-electron chi connectivity index (χ3n) is 2.43. The minimum Gasteiger partial charge on any atom is -0.477 e. The number of aryl methyl sites for hydroxylation is 1. The number of carbonyl (C=O) groups is 1. The van der Waals surface area contributed by atoms with Crippen LogP contribution in [0.5, 0.6) is 0 Å². The standard InChI is InChI=1S/C13H14N2O3/c1-9-5-6-11(18-9)8-14-7-10-3-2-4-12(15-10)13(16)17/h2-6,14H,7-8H2,1H3,(H,16,17). The van der Waals surface area contributed by atoms with Crippen molar-refractivity contribution in [3.63, 3.8) is 0 Å². The Bertz CT molecular complexity index is 549. The number of rotatable bonds is 5. The highest BCUT2D eigenvalue weighted by Crippen LogP contribution is 2.06. The van der Waals surface area contributed by atoms with Gasteiger partial charge in [-0.3, -0.25) is 0 Å². The molecular formula is C13H14N2O3. The van der Waals surface area contributed by atoms with E-state index in [0.29, 0.717) is 18.8 Å². The maximum atomic E-state index is 10.8. The highest BCUT2D eigenvalue weighted by Gasteiger charge is 2.05. The summed E-state index contributed by atoms with van der Waals surface area (Å²) >= 11 is 0. The lowest BCUT2D eigenvalue weighted by Crippen LogP contribution is -2.14. The van der Waals surface area contributed by atoms with Crippen molar-refractivity contribution in [1.82, 2.24) is 10.3 Å². The van der Waals surface area contributed by atoms with Crippen LogP contribution in [0.4, 0.5) is 0 Å². The summed E-state index contributed by atoms with van der Waals surface area (Å²) in [6.07, 6.45) is 0. The van der Waals surface area contributed by atoms with Crippen molar-refractivity contribution in [2.75, 3.05) is 0 Å². The summed E-state index contributed by atoms with van der Waals surface area (Å²) in [5.41, 5.74) is 0.751. The first kappa shape index (κ1) is 12.3. The first-order valence-electron chi connectivity index (χ1n) is 5.60. The van der Waals surface area contributed by atoms with Crippen molar-refractivity contribution < 1.29 is 14.3 Å². The zero-order chi connectivity index (χ0) is 13.0. The maximum Gasteiger partial charge on any atom is 0.354 e. The normalized spacial score (nSPS) is 10.5. The van der Waals surface area contributed by atoms with Gasteiger partial charge in [0.1, 0.15) is 17.2 Å². The molecule has 0 amide bonds. The van der Waals surface area contributed by atoms with Crippen molar-refractivity contribution >= 4 is 5.97 Å². The van der Waals surface area contributed by atoms with Crippen LogP contribution in [-0.2, 0) is 13.1 Å². The number of hydrogen-bond acceptors (Lipinski definition) is 4. The number of aromatic carboxylic acids is 1. The van der Waals surface area contributed by atoms with Crippen molar-refractivity contribution in [2.45, 2.75) is 20.0 Å². The van der Waals surface area contributed by atoms with Gasteiger partial charge in [-0.05, 0) is 31.2 Å². The lowest BCUT2D eigenvalue weighted by molar-refractivity contribution is 0.0690. The third kappa shape index (κ3) is 3.18. The first-order chi connectivity index (χ1) is 8.65. The summed E-state index contributed by atoms with van der Waals surface area (Å²) in [7, 11) is 0. The lowest BCUT2D eigenvalue weighted by Gasteiger charge is -2.03. The van der Waals surface area contributed by atoms with Crippen LogP contribution in [0, 0.1) is 6.92 Å². The molecule has 0 aliphatic rings. The SMILES string of the molecule is Cc1ccc(CNCc2cccc(C(=O)O)n2)o1. The van der Waals surface area contributed by atoms with Gasteiger partial charge >= 0.3 is 5.97 Å². The molecule has 0 saturated heterocycles. The predicted molar refractivity (Wildman–Crippen MR) is 65.2 cm³/mol. The number of carboxylic acid groups (broad SMARTS) is 1. The Balaban J connectivity index is 1.90. The number of aromatic nitrogens is 1. The first-order valence-corrected chi connectivity index (χ1v) is 5.60. The Labute approximate surface area is 104 Å². The number of carboxylic acids is 1. The van der Waals surface area contributed by atoms with Gasteiger partial charge in [0.05, 0.1) is 12.2 Å².